The van der Waals surface area contributed by atoms with Crippen LogP contribution in [0.5, 0.6) is 0 Å². The van der Waals surface area contributed by atoms with Crippen LogP contribution in [-0.2, 0) is 0 Å². The summed E-state index contributed by atoms with van der Waals surface area (Å²) in [6, 6.07) is 1.47. The Labute approximate surface area is 177 Å². The maximum Gasteiger partial charge on any atom is 0.00385 e. The van der Waals surface area contributed by atoms with Gasteiger partial charge in [0.15, 0.2) is 0 Å². The van der Waals surface area contributed by atoms with E-state index < -0.39 is 0 Å². The highest BCUT2D eigenvalue weighted by molar-refractivity contribution is 4.91. The number of piperidine rings is 3. The molecule has 0 saturated carbocycles. The Morgan fingerprint density at radius 3 is 1.46 bits per heavy atom. The second-order valence-electron chi connectivity index (χ2n) is 11.2. The van der Waals surface area contributed by atoms with E-state index in [1.807, 2.05) is 0 Å². The van der Waals surface area contributed by atoms with Gasteiger partial charge in [-0.3, -0.25) is 0 Å². The Bertz CT molecular complexity index is 403. The van der Waals surface area contributed by atoms with E-state index in [0.717, 1.165) is 23.9 Å². The van der Waals surface area contributed by atoms with Gasteiger partial charge in [-0.1, -0.05) is 20.8 Å². The summed E-state index contributed by atoms with van der Waals surface area (Å²) in [6.07, 6.45) is 8.66. The Morgan fingerprint density at radius 2 is 1.04 bits per heavy atom. The van der Waals surface area contributed by atoms with Crippen molar-refractivity contribution in [2.75, 3.05) is 45.8 Å². The summed E-state index contributed by atoms with van der Waals surface area (Å²) < 4.78 is 0. The molecule has 0 aromatic carbocycles. The third-order valence-corrected chi connectivity index (χ3v) is 7.40. The summed E-state index contributed by atoms with van der Waals surface area (Å²) in [5.74, 6) is 1.79. The minimum Gasteiger partial charge on any atom is -0.303 e. The summed E-state index contributed by atoms with van der Waals surface area (Å²) >= 11 is 0. The van der Waals surface area contributed by atoms with Gasteiger partial charge in [0.1, 0.15) is 0 Å². The Balaban J connectivity index is 0.000000640. The van der Waals surface area contributed by atoms with Gasteiger partial charge < -0.3 is 14.7 Å². The molecule has 3 nitrogen and oxygen atoms in total. The van der Waals surface area contributed by atoms with E-state index in [1.54, 1.807) is 0 Å². The number of hydrogen-bond donors (Lipinski definition) is 0. The molecule has 3 heteroatoms. The molecular weight excluding hydrogens is 342 g/mol. The van der Waals surface area contributed by atoms with Crippen molar-refractivity contribution >= 4 is 0 Å². The molecule has 3 heterocycles. The standard InChI is InChI=1S/C21H41N3.C4H10/c1-18(2)23-11-5-20(6-12-23)17-22-13-7-21(8-14-22)9-15-24(16-10-21)19(3)4;1-4(2)3/h18-20H,5-17H2,1-4H3;4H,1-3H3. The molecule has 0 amide bonds. The average molecular weight is 394 g/mol. The molecule has 166 valence electrons. The summed E-state index contributed by atoms with van der Waals surface area (Å²) in [5.41, 5.74) is 0.697. The van der Waals surface area contributed by atoms with Crippen molar-refractivity contribution in [1.82, 2.24) is 14.7 Å². The van der Waals surface area contributed by atoms with Crippen molar-refractivity contribution in [3.05, 3.63) is 0 Å². The molecule has 3 fully saturated rings. The van der Waals surface area contributed by atoms with Gasteiger partial charge in [-0.15, -0.1) is 0 Å². The molecule has 0 atom stereocenters. The van der Waals surface area contributed by atoms with Crippen LogP contribution in [0, 0.1) is 17.3 Å². The molecule has 28 heavy (non-hydrogen) atoms. The van der Waals surface area contributed by atoms with Gasteiger partial charge in [-0.2, -0.15) is 0 Å². The van der Waals surface area contributed by atoms with Gasteiger partial charge in [0, 0.05) is 18.6 Å². The highest BCUT2D eigenvalue weighted by atomic mass is 15.2. The zero-order valence-electron chi connectivity index (χ0n) is 20.3. The quantitative estimate of drug-likeness (QED) is 0.637. The lowest BCUT2D eigenvalue weighted by molar-refractivity contribution is 0.0167. The average Bonchev–Trinajstić information content (AvgIpc) is 2.64. The van der Waals surface area contributed by atoms with E-state index >= 15 is 0 Å². The predicted octanol–water partition coefficient (Wildman–Crippen LogP) is 5.36. The highest BCUT2D eigenvalue weighted by Crippen LogP contribution is 2.41. The van der Waals surface area contributed by atoms with Gasteiger partial charge in [-0.05, 0) is 123 Å². The Hall–Kier alpha value is -0.120. The van der Waals surface area contributed by atoms with E-state index in [2.05, 4.69) is 63.2 Å². The molecule has 0 radical (unpaired) electrons. The van der Waals surface area contributed by atoms with Crippen LogP contribution in [0.1, 0.15) is 87.0 Å². The first kappa shape index (κ1) is 24.2. The van der Waals surface area contributed by atoms with E-state index in [0.29, 0.717) is 5.41 Å². The second kappa shape index (κ2) is 11.3. The first-order chi connectivity index (χ1) is 13.2. The van der Waals surface area contributed by atoms with Crippen LogP contribution in [0.4, 0.5) is 0 Å². The number of nitrogens with zero attached hydrogens (tertiary/aromatic N) is 3. The van der Waals surface area contributed by atoms with Gasteiger partial charge in [0.2, 0.25) is 0 Å². The van der Waals surface area contributed by atoms with Crippen LogP contribution in [-0.4, -0.2) is 72.6 Å². The topological polar surface area (TPSA) is 9.72 Å². The molecule has 0 aromatic heterocycles. The smallest absolute Gasteiger partial charge is 0.00385 e. The third-order valence-electron chi connectivity index (χ3n) is 7.40. The molecule has 0 bridgehead atoms. The molecular formula is C25H51N3. The minimum absolute atomic E-state index is 0.697. The van der Waals surface area contributed by atoms with Gasteiger partial charge >= 0.3 is 0 Å². The van der Waals surface area contributed by atoms with Crippen LogP contribution in [0.25, 0.3) is 0 Å². The Kier molecular flexibility index (Phi) is 9.76. The largest absolute Gasteiger partial charge is 0.303 e. The van der Waals surface area contributed by atoms with Crippen LogP contribution in [0.3, 0.4) is 0 Å². The highest BCUT2D eigenvalue weighted by Gasteiger charge is 2.38. The molecule has 1 spiro atoms. The number of likely N-dealkylation sites (tertiary alicyclic amines) is 3. The molecule has 3 saturated heterocycles. The van der Waals surface area contributed by atoms with Crippen LogP contribution in [0.2, 0.25) is 0 Å². The van der Waals surface area contributed by atoms with E-state index in [9.17, 15) is 0 Å². The third kappa shape index (κ3) is 7.61. The van der Waals surface area contributed by atoms with Crippen molar-refractivity contribution in [2.24, 2.45) is 17.3 Å². The molecule has 3 aliphatic rings. The molecule has 3 aliphatic heterocycles. The maximum absolute atomic E-state index is 2.80. The van der Waals surface area contributed by atoms with Gasteiger partial charge in [0.05, 0.1) is 0 Å². The monoisotopic (exact) mass is 393 g/mol. The zero-order chi connectivity index (χ0) is 20.7. The second-order valence-corrected chi connectivity index (χ2v) is 11.2. The normalized spacial score (nSPS) is 25.5. The fraction of sp³-hybridized carbons (Fsp3) is 1.00. The fourth-order valence-electron chi connectivity index (χ4n) is 5.24. The lowest BCUT2D eigenvalue weighted by atomic mass is 9.71. The van der Waals surface area contributed by atoms with E-state index in [4.69, 9.17) is 0 Å². The summed E-state index contributed by atoms with van der Waals surface area (Å²) in [7, 11) is 0. The SMILES string of the molecule is CC(C)C.CC(C)N1CCC(CN2CCC3(CC2)CCN(C(C)C)CC3)CC1. The lowest BCUT2D eigenvalue weighted by Crippen LogP contribution is -2.49. The number of rotatable bonds is 4. The summed E-state index contributed by atoms with van der Waals surface area (Å²) in [6.45, 7) is 25.3. The van der Waals surface area contributed by atoms with Crippen LogP contribution < -0.4 is 0 Å². The van der Waals surface area contributed by atoms with Crippen molar-refractivity contribution in [2.45, 2.75) is 99.1 Å². The summed E-state index contributed by atoms with van der Waals surface area (Å²) in [5, 5.41) is 0. The molecule has 3 rings (SSSR count). The molecule has 0 unspecified atom stereocenters. The first-order valence-electron chi connectivity index (χ1n) is 12.4. The van der Waals surface area contributed by atoms with Gasteiger partial charge in [-0.25, -0.2) is 0 Å². The zero-order valence-corrected chi connectivity index (χ0v) is 20.3. The van der Waals surface area contributed by atoms with Crippen LogP contribution in [0.15, 0.2) is 0 Å². The molecule has 0 aliphatic carbocycles. The Morgan fingerprint density at radius 1 is 0.643 bits per heavy atom. The van der Waals surface area contributed by atoms with Crippen molar-refractivity contribution in [3.63, 3.8) is 0 Å². The maximum atomic E-state index is 2.80. The minimum atomic E-state index is 0.697. The van der Waals surface area contributed by atoms with Gasteiger partial charge in [0.25, 0.3) is 0 Å². The summed E-state index contributed by atoms with van der Waals surface area (Å²) in [4.78, 5) is 8.14. The lowest BCUT2D eigenvalue weighted by Gasteiger charge is -2.48. The van der Waals surface area contributed by atoms with Crippen molar-refractivity contribution < 1.29 is 0 Å². The predicted molar refractivity (Wildman–Crippen MR) is 124 cm³/mol. The van der Waals surface area contributed by atoms with Crippen molar-refractivity contribution in [3.8, 4) is 0 Å². The number of hydrogen-bond acceptors (Lipinski definition) is 3. The van der Waals surface area contributed by atoms with Crippen LogP contribution >= 0.6 is 0 Å². The first-order valence-corrected chi connectivity index (χ1v) is 12.4. The molecule has 0 N–H and O–H groups in total. The van der Waals surface area contributed by atoms with E-state index in [-0.39, 0.29) is 0 Å². The van der Waals surface area contributed by atoms with E-state index in [1.165, 1.54) is 84.3 Å². The molecule has 0 aromatic rings. The van der Waals surface area contributed by atoms with Crippen molar-refractivity contribution in [1.29, 1.82) is 0 Å². The fourth-order valence-corrected chi connectivity index (χ4v) is 5.24.